The van der Waals surface area contributed by atoms with Gasteiger partial charge in [-0.25, -0.2) is 9.18 Å². The molecule has 0 radical (unpaired) electrons. The quantitative estimate of drug-likeness (QED) is 0.565. The van der Waals surface area contributed by atoms with Gasteiger partial charge in [0.15, 0.2) is 0 Å². The summed E-state index contributed by atoms with van der Waals surface area (Å²) < 4.78 is 90.3. The van der Waals surface area contributed by atoms with Crippen LogP contribution in [0.3, 0.4) is 0 Å². The van der Waals surface area contributed by atoms with Gasteiger partial charge >= 0.3 is 18.3 Å². The molecule has 7 nitrogen and oxygen atoms in total. The molecule has 4 rings (SSSR count). The van der Waals surface area contributed by atoms with Crippen molar-refractivity contribution in [2.24, 2.45) is 0 Å². The van der Waals surface area contributed by atoms with Gasteiger partial charge in [0.25, 0.3) is 5.91 Å². The summed E-state index contributed by atoms with van der Waals surface area (Å²) in [6.45, 7) is -0.102. The van der Waals surface area contributed by atoms with Crippen LogP contribution in [0.5, 0.6) is 0 Å². The van der Waals surface area contributed by atoms with E-state index in [2.05, 4.69) is 10.6 Å². The van der Waals surface area contributed by atoms with Crippen molar-refractivity contribution in [2.75, 3.05) is 13.2 Å². The summed E-state index contributed by atoms with van der Waals surface area (Å²) in [5.74, 6) is -3.85. The van der Waals surface area contributed by atoms with Crippen molar-refractivity contribution in [1.29, 1.82) is 0 Å². The van der Waals surface area contributed by atoms with Crippen molar-refractivity contribution >= 4 is 22.8 Å². The number of benzene rings is 1. The third kappa shape index (κ3) is 6.59. The molecule has 1 aromatic heterocycles. The van der Waals surface area contributed by atoms with Crippen molar-refractivity contribution < 1.29 is 50.2 Å². The van der Waals surface area contributed by atoms with Gasteiger partial charge in [-0.1, -0.05) is 0 Å². The Morgan fingerprint density at radius 2 is 1.71 bits per heavy atom. The Morgan fingerprint density at radius 3 is 2.24 bits per heavy atom. The fraction of sp³-hybridized carbons (Fsp3) is 0.500. The summed E-state index contributed by atoms with van der Waals surface area (Å²) in [7, 11) is 0. The van der Waals surface area contributed by atoms with Crippen LogP contribution in [0, 0.1) is 5.82 Å². The minimum absolute atomic E-state index is 0.0497. The molecule has 3 heterocycles. The molecule has 2 aromatic rings. The number of nitrogens with one attached hydrogen (secondary N) is 2. The van der Waals surface area contributed by atoms with Gasteiger partial charge in [-0.15, -0.1) is 0 Å². The number of aliphatic carboxylic acids is 1. The maximum atomic E-state index is 13.7. The number of aromatic nitrogens is 1. The standard InChI is InChI=1S/C18H19F4N3O2.C2HF3O2/c19-10-1-2-16-14(3-10)15(6-25(16)9-18(20,21)22)17(26)24-11-4-12-7-27-8-13(5-11)23-12;3-2(4,5)1(6)7/h1-3,6,11-13,23H,4-5,7-9H2,(H,24,26);(H,6,7)/t11?,12-,13+;. The fourth-order valence-electron chi connectivity index (χ4n) is 3.99. The van der Waals surface area contributed by atoms with Gasteiger partial charge in [-0.05, 0) is 31.0 Å². The van der Waals surface area contributed by atoms with Gasteiger partial charge in [-0.2, -0.15) is 26.3 Å². The molecule has 1 amide bonds. The van der Waals surface area contributed by atoms with E-state index in [1.807, 2.05) is 0 Å². The summed E-state index contributed by atoms with van der Waals surface area (Å²) in [6, 6.07) is 3.64. The number of nitrogens with zero attached hydrogens (tertiary/aromatic N) is 1. The Balaban J connectivity index is 0.000000406. The zero-order valence-corrected chi connectivity index (χ0v) is 17.3. The molecule has 14 heteroatoms. The molecule has 2 aliphatic rings. The van der Waals surface area contributed by atoms with Crippen LogP contribution >= 0.6 is 0 Å². The molecule has 34 heavy (non-hydrogen) atoms. The second-order valence-corrected chi connectivity index (χ2v) is 7.99. The van der Waals surface area contributed by atoms with E-state index in [1.165, 1.54) is 6.07 Å². The minimum Gasteiger partial charge on any atom is -0.475 e. The highest BCUT2D eigenvalue weighted by Crippen LogP contribution is 2.27. The van der Waals surface area contributed by atoms with Crippen molar-refractivity contribution in [3.63, 3.8) is 0 Å². The van der Waals surface area contributed by atoms with Gasteiger partial charge < -0.3 is 25.0 Å². The van der Waals surface area contributed by atoms with Gasteiger partial charge in [0.1, 0.15) is 12.4 Å². The molecule has 0 spiro atoms. The Labute approximate surface area is 187 Å². The molecule has 0 saturated carbocycles. The van der Waals surface area contributed by atoms with E-state index in [-0.39, 0.29) is 34.6 Å². The summed E-state index contributed by atoms with van der Waals surface area (Å²) in [5, 5.41) is 13.6. The molecule has 3 atom stereocenters. The molecule has 2 saturated heterocycles. The smallest absolute Gasteiger partial charge is 0.475 e. The zero-order valence-electron chi connectivity index (χ0n) is 17.3. The maximum absolute atomic E-state index is 13.7. The van der Waals surface area contributed by atoms with Gasteiger partial charge in [-0.3, -0.25) is 4.79 Å². The highest BCUT2D eigenvalue weighted by atomic mass is 19.4. The Bertz CT molecular complexity index is 1040. The van der Waals surface area contributed by atoms with Crippen molar-refractivity contribution in [3.05, 3.63) is 35.8 Å². The van der Waals surface area contributed by atoms with Crippen molar-refractivity contribution in [2.45, 2.75) is 49.9 Å². The lowest BCUT2D eigenvalue weighted by molar-refractivity contribution is -0.192. The van der Waals surface area contributed by atoms with E-state index in [0.29, 0.717) is 26.1 Å². The predicted molar refractivity (Wildman–Crippen MR) is 104 cm³/mol. The number of amides is 1. The SMILES string of the molecule is O=C(NC1C[C@H]2COC[C@@H](C1)N2)c1cn(CC(F)(F)F)c2ccc(F)cc12.O=C(O)C(F)(F)F. The van der Waals surface area contributed by atoms with Crippen molar-refractivity contribution in [3.8, 4) is 0 Å². The summed E-state index contributed by atoms with van der Waals surface area (Å²) in [6.07, 6.45) is -7.02. The molecule has 1 unspecified atom stereocenters. The first-order valence-corrected chi connectivity index (χ1v) is 10.0. The van der Waals surface area contributed by atoms with Gasteiger partial charge in [0, 0.05) is 35.2 Å². The van der Waals surface area contributed by atoms with Crippen LogP contribution in [0.2, 0.25) is 0 Å². The molecule has 2 bridgehead atoms. The Morgan fingerprint density at radius 1 is 1.12 bits per heavy atom. The number of rotatable bonds is 3. The number of carbonyl (C=O) groups is 2. The van der Waals surface area contributed by atoms with E-state index < -0.39 is 36.6 Å². The molecular formula is C20H20F7N3O4. The summed E-state index contributed by atoms with van der Waals surface area (Å²) in [4.78, 5) is 21.7. The normalized spacial score (nSPS) is 22.6. The average molecular weight is 499 g/mol. The third-order valence-electron chi connectivity index (χ3n) is 5.26. The average Bonchev–Trinajstić information content (AvgIpc) is 3.03. The van der Waals surface area contributed by atoms with E-state index in [1.54, 1.807) is 0 Å². The van der Waals surface area contributed by atoms with Crippen LogP contribution in [0.25, 0.3) is 10.9 Å². The van der Waals surface area contributed by atoms with Gasteiger partial charge in [0.2, 0.25) is 0 Å². The number of piperidine rings is 1. The lowest BCUT2D eigenvalue weighted by Crippen LogP contribution is -2.58. The maximum Gasteiger partial charge on any atom is 0.490 e. The van der Waals surface area contributed by atoms with Crippen LogP contribution in [0.1, 0.15) is 23.2 Å². The lowest BCUT2D eigenvalue weighted by atomic mass is 9.92. The number of carbonyl (C=O) groups excluding carboxylic acids is 1. The lowest BCUT2D eigenvalue weighted by Gasteiger charge is -2.40. The van der Waals surface area contributed by atoms with Crippen LogP contribution in [0.4, 0.5) is 30.7 Å². The van der Waals surface area contributed by atoms with Gasteiger partial charge in [0.05, 0.1) is 18.8 Å². The highest BCUT2D eigenvalue weighted by Gasteiger charge is 2.38. The van der Waals surface area contributed by atoms with E-state index in [9.17, 15) is 35.5 Å². The number of hydrogen-bond donors (Lipinski definition) is 3. The Kier molecular flexibility index (Phi) is 7.41. The van der Waals surface area contributed by atoms with Crippen LogP contribution in [0.15, 0.2) is 24.4 Å². The number of halogens is 7. The van der Waals surface area contributed by atoms with Crippen LogP contribution in [-0.2, 0) is 16.1 Å². The van der Waals surface area contributed by atoms with Crippen LogP contribution in [-0.4, -0.2) is 65.2 Å². The first-order valence-electron chi connectivity index (χ1n) is 10.0. The molecule has 1 aromatic carbocycles. The monoisotopic (exact) mass is 499 g/mol. The van der Waals surface area contributed by atoms with E-state index in [4.69, 9.17) is 14.6 Å². The largest absolute Gasteiger partial charge is 0.490 e. The molecule has 188 valence electrons. The molecular weight excluding hydrogens is 479 g/mol. The summed E-state index contributed by atoms with van der Waals surface area (Å²) >= 11 is 0. The van der Waals surface area contributed by atoms with E-state index >= 15 is 0 Å². The number of carboxylic acid groups (broad SMARTS) is 1. The minimum atomic E-state index is -5.08. The number of fused-ring (bicyclic) bond motifs is 3. The predicted octanol–water partition coefficient (Wildman–Crippen LogP) is 3.23. The first-order chi connectivity index (χ1) is 15.7. The highest BCUT2D eigenvalue weighted by molar-refractivity contribution is 6.07. The Hall–Kier alpha value is -2.87. The second-order valence-electron chi connectivity index (χ2n) is 7.99. The second kappa shape index (κ2) is 9.78. The van der Waals surface area contributed by atoms with Crippen molar-refractivity contribution in [1.82, 2.24) is 15.2 Å². The van der Waals surface area contributed by atoms with E-state index in [0.717, 1.165) is 22.9 Å². The molecule has 0 aliphatic carbocycles. The molecule has 2 fully saturated rings. The third-order valence-corrected chi connectivity index (χ3v) is 5.26. The number of hydrogen-bond acceptors (Lipinski definition) is 4. The first kappa shape index (κ1) is 25.7. The summed E-state index contributed by atoms with van der Waals surface area (Å²) in [5.41, 5.74) is 0.225. The van der Waals surface area contributed by atoms with Crippen LogP contribution < -0.4 is 10.6 Å². The topological polar surface area (TPSA) is 92.6 Å². The number of ether oxygens (including phenoxy) is 1. The zero-order chi connectivity index (χ0) is 25.3. The molecule has 3 N–H and O–H groups in total. The molecule has 2 aliphatic heterocycles. The number of alkyl halides is 6. The fourth-order valence-corrected chi connectivity index (χ4v) is 3.99. The number of morpholine rings is 1. The number of carboxylic acids is 1.